The summed E-state index contributed by atoms with van der Waals surface area (Å²) >= 11 is 0. The molecule has 0 spiro atoms. The van der Waals surface area contributed by atoms with Gasteiger partial charge in [0.2, 0.25) is 5.91 Å². The fourth-order valence-electron chi connectivity index (χ4n) is 1.77. The highest BCUT2D eigenvalue weighted by atomic mass is 19.4. The SMILES string of the molecule is CC.CC.CCCNC(=O)C1(C(F)(F)F)CCOCC1. The summed E-state index contributed by atoms with van der Waals surface area (Å²) in [5.74, 6) is -0.912. The zero-order valence-corrected chi connectivity index (χ0v) is 13.2. The van der Waals surface area contributed by atoms with E-state index in [1.54, 1.807) is 6.92 Å². The number of hydrogen-bond acceptors (Lipinski definition) is 2. The highest BCUT2D eigenvalue weighted by molar-refractivity contribution is 5.83. The Morgan fingerprint density at radius 1 is 1.15 bits per heavy atom. The minimum Gasteiger partial charge on any atom is -0.381 e. The number of nitrogens with one attached hydrogen (secondary N) is 1. The number of halogens is 3. The van der Waals surface area contributed by atoms with Crippen molar-refractivity contribution in [2.75, 3.05) is 19.8 Å². The second-order valence-corrected chi connectivity index (χ2v) is 3.95. The average Bonchev–Trinajstić information content (AvgIpc) is 2.48. The summed E-state index contributed by atoms with van der Waals surface area (Å²) in [4.78, 5) is 11.6. The van der Waals surface area contributed by atoms with Gasteiger partial charge in [0, 0.05) is 19.8 Å². The summed E-state index contributed by atoms with van der Waals surface area (Å²) in [7, 11) is 0. The van der Waals surface area contributed by atoms with Crippen molar-refractivity contribution in [2.45, 2.75) is 60.1 Å². The number of hydrogen-bond donors (Lipinski definition) is 1. The Kier molecular flexibility index (Phi) is 11.8. The fourth-order valence-corrected chi connectivity index (χ4v) is 1.77. The molecule has 0 saturated carbocycles. The van der Waals surface area contributed by atoms with E-state index in [0.29, 0.717) is 6.42 Å². The molecule has 1 saturated heterocycles. The molecule has 1 heterocycles. The van der Waals surface area contributed by atoms with Gasteiger partial charge in [0.1, 0.15) is 5.41 Å². The van der Waals surface area contributed by atoms with Crippen LogP contribution in [0.25, 0.3) is 0 Å². The van der Waals surface area contributed by atoms with Crippen LogP contribution >= 0.6 is 0 Å². The molecule has 0 bridgehead atoms. The Bertz CT molecular complexity index is 249. The van der Waals surface area contributed by atoms with E-state index >= 15 is 0 Å². The molecule has 0 aliphatic carbocycles. The molecule has 0 atom stereocenters. The van der Waals surface area contributed by atoms with Crippen LogP contribution < -0.4 is 5.32 Å². The van der Waals surface area contributed by atoms with Crippen molar-refractivity contribution in [3.05, 3.63) is 0 Å². The molecule has 20 heavy (non-hydrogen) atoms. The fraction of sp³-hybridized carbons (Fsp3) is 0.929. The molecule has 1 rings (SSSR count). The maximum Gasteiger partial charge on any atom is 0.403 e. The quantitative estimate of drug-likeness (QED) is 0.857. The molecular formula is C14H28F3NO2. The van der Waals surface area contributed by atoms with E-state index in [9.17, 15) is 18.0 Å². The van der Waals surface area contributed by atoms with Crippen molar-refractivity contribution in [3.63, 3.8) is 0 Å². The highest BCUT2D eigenvalue weighted by Gasteiger charge is 2.60. The maximum atomic E-state index is 13.0. The topological polar surface area (TPSA) is 38.3 Å². The third-order valence-corrected chi connectivity index (χ3v) is 2.86. The Labute approximate surface area is 120 Å². The first-order valence-electron chi connectivity index (χ1n) is 7.37. The van der Waals surface area contributed by atoms with E-state index in [-0.39, 0.29) is 32.6 Å². The van der Waals surface area contributed by atoms with Crippen LogP contribution in [0.3, 0.4) is 0 Å². The van der Waals surface area contributed by atoms with Gasteiger partial charge in [0.25, 0.3) is 0 Å². The molecule has 0 aromatic rings. The first-order valence-corrected chi connectivity index (χ1v) is 7.37. The van der Waals surface area contributed by atoms with E-state index in [2.05, 4.69) is 5.32 Å². The highest BCUT2D eigenvalue weighted by Crippen LogP contribution is 2.46. The molecule has 1 aliphatic rings. The summed E-state index contributed by atoms with van der Waals surface area (Å²) in [6.07, 6.45) is -4.46. The van der Waals surface area contributed by atoms with Crippen molar-refractivity contribution in [3.8, 4) is 0 Å². The van der Waals surface area contributed by atoms with Crippen LogP contribution in [0, 0.1) is 5.41 Å². The van der Waals surface area contributed by atoms with Crippen LogP contribution in [0.4, 0.5) is 13.2 Å². The van der Waals surface area contributed by atoms with Crippen molar-refractivity contribution >= 4 is 5.91 Å². The van der Waals surface area contributed by atoms with E-state index in [1.165, 1.54) is 0 Å². The molecule has 0 aromatic carbocycles. The number of carbonyl (C=O) groups is 1. The summed E-state index contributed by atoms with van der Waals surface area (Å²) in [5, 5.41) is 2.33. The molecule has 1 fully saturated rings. The van der Waals surface area contributed by atoms with Crippen LogP contribution in [-0.2, 0) is 9.53 Å². The van der Waals surface area contributed by atoms with Crippen molar-refractivity contribution < 1.29 is 22.7 Å². The molecule has 3 nitrogen and oxygen atoms in total. The van der Waals surface area contributed by atoms with Gasteiger partial charge in [-0.2, -0.15) is 13.2 Å². The maximum absolute atomic E-state index is 13.0. The zero-order valence-electron chi connectivity index (χ0n) is 13.2. The molecule has 1 amide bonds. The van der Waals surface area contributed by atoms with Gasteiger partial charge in [-0.05, 0) is 19.3 Å². The predicted molar refractivity (Wildman–Crippen MR) is 74.5 cm³/mol. The molecule has 0 unspecified atom stereocenters. The van der Waals surface area contributed by atoms with Gasteiger partial charge < -0.3 is 10.1 Å². The number of ether oxygens (including phenoxy) is 1. The van der Waals surface area contributed by atoms with Crippen LogP contribution in [0.15, 0.2) is 0 Å². The first kappa shape index (κ1) is 21.5. The molecule has 122 valence electrons. The Morgan fingerprint density at radius 3 is 1.95 bits per heavy atom. The smallest absolute Gasteiger partial charge is 0.381 e. The summed E-state index contributed by atoms with van der Waals surface area (Å²) in [6.45, 7) is 10.0. The molecule has 0 aromatic heterocycles. The number of rotatable bonds is 3. The van der Waals surface area contributed by atoms with Crippen molar-refractivity contribution in [1.29, 1.82) is 0 Å². The van der Waals surface area contributed by atoms with Gasteiger partial charge in [-0.15, -0.1) is 0 Å². The van der Waals surface area contributed by atoms with Gasteiger partial charge in [-0.25, -0.2) is 0 Å². The molecule has 6 heteroatoms. The average molecular weight is 299 g/mol. The summed E-state index contributed by atoms with van der Waals surface area (Å²) in [5.41, 5.74) is -2.25. The van der Waals surface area contributed by atoms with E-state index in [1.807, 2.05) is 27.7 Å². The number of carbonyl (C=O) groups excluding carboxylic acids is 1. The lowest BCUT2D eigenvalue weighted by Gasteiger charge is -2.37. The van der Waals surface area contributed by atoms with Crippen LogP contribution in [0.5, 0.6) is 0 Å². The van der Waals surface area contributed by atoms with Gasteiger partial charge in [0.05, 0.1) is 0 Å². The Hall–Kier alpha value is -0.780. The lowest BCUT2D eigenvalue weighted by Crippen LogP contribution is -2.53. The van der Waals surface area contributed by atoms with Gasteiger partial charge >= 0.3 is 6.18 Å². The van der Waals surface area contributed by atoms with Gasteiger partial charge in [0.15, 0.2) is 0 Å². The van der Waals surface area contributed by atoms with Crippen LogP contribution in [-0.4, -0.2) is 31.8 Å². The predicted octanol–water partition coefficient (Wildman–Crippen LogP) is 3.92. The van der Waals surface area contributed by atoms with Crippen molar-refractivity contribution in [2.24, 2.45) is 5.41 Å². The summed E-state index contributed by atoms with van der Waals surface area (Å²) in [6, 6.07) is 0. The normalized spacial score (nSPS) is 17.0. The van der Waals surface area contributed by atoms with Crippen LogP contribution in [0.2, 0.25) is 0 Å². The Balaban J connectivity index is 0. The minimum absolute atomic E-state index is 0.0148. The van der Waals surface area contributed by atoms with E-state index < -0.39 is 17.5 Å². The third kappa shape index (κ3) is 5.69. The summed E-state index contributed by atoms with van der Waals surface area (Å²) < 4.78 is 43.8. The van der Waals surface area contributed by atoms with Gasteiger partial charge in [-0.3, -0.25) is 4.79 Å². The molecular weight excluding hydrogens is 271 g/mol. The van der Waals surface area contributed by atoms with Gasteiger partial charge in [-0.1, -0.05) is 34.6 Å². The molecule has 1 N–H and O–H groups in total. The number of amides is 1. The lowest BCUT2D eigenvalue weighted by atomic mass is 9.78. The standard InChI is InChI=1S/C10H16F3NO2.2C2H6/c1-2-5-14-8(15)9(10(11,12)13)3-6-16-7-4-9;2*1-2/h2-7H2,1H3,(H,14,15);2*1-2H3. The molecule has 0 radical (unpaired) electrons. The van der Waals surface area contributed by atoms with Crippen LogP contribution in [0.1, 0.15) is 53.9 Å². The zero-order chi connectivity index (χ0) is 16.2. The minimum atomic E-state index is -4.51. The first-order chi connectivity index (χ1) is 9.44. The Morgan fingerprint density at radius 2 is 1.60 bits per heavy atom. The lowest BCUT2D eigenvalue weighted by molar-refractivity contribution is -0.239. The number of alkyl halides is 3. The second kappa shape index (κ2) is 10.9. The monoisotopic (exact) mass is 299 g/mol. The second-order valence-electron chi connectivity index (χ2n) is 3.95. The van der Waals surface area contributed by atoms with Crippen molar-refractivity contribution in [1.82, 2.24) is 5.32 Å². The largest absolute Gasteiger partial charge is 0.403 e. The molecule has 1 aliphatic heterocycles. The van der Waals surface area contributed by atoms with E-state index in [4.69, 9.17) is 4.74 Å². The third-order valence-electron chi connectivity index (χ3n) is 2.86. The van der Waals surface area contributed by atoms with E-state index in [0.717, 1.165) is 0 Å².